The second-order valence-corrected chi connectivity index (χ2v) is 5.69. The third-order valence-corrected chi connectivity index (χ3v) is 3.61. The molecule has 0 spiro atoms. The van der Waals surface area contributed by atoms with E-state index in [1.165, 1.54) is 24.9 Å². The van der Waals surface area contributed by atoms with E-state index in [0.29, 0.717) is 22.6 Å². The first-order valence-electron chi connectivity index (χ1n) is 7.94. The van der Waals surface area contributed by atoms with Crippen molar-refractivity contribution >= 4 is 40.5 Å². The number of carbonyl (C=O) groups is 2. The number of nitrogens with two attached hydrogens (primary N) is 2. The van der Waals surface area contributed by atoms with Gasteiger partial charge in [-0.1, -0.05) is 0 Å². The molecular weight excluding hydrogens is 350 g/mol. The number of amides is 1. The summed E-state index contributed by atoms with van der Waals surface area (Å²) >= 11 is 0. The second kappa shape index (κ2) is 7.20. The van der Waals surface area contributed by atoms with Crippen LogP contribution in [0.2, 0.25) is 0 Å². The minimum atomic E-state index is -0.418. The highest BCUT2D eigenvalue weighted by molar-refractivity contribution is 5.91. The number of aromatic nitrogens is 4. The summed E-state index contributed by atoms with van der Waals surface area (Å²) in [4.78, 5) is 41.0. The Morgan fingerprint density at radius 3 is 2.41 bits per heavy atom. The van der Waals surface area contributed by atoms with Crippen molar-refractivity contribution in [2.45, 2.75) is 20.4 Å². The van der Waals surface area contributed by atoms with Crippen LogP contribution in [0.25, 0.3) is 11.2 Å². The first-order chi connectivity index (χ1) is 12.8. The monoisotopic (exact) mass is 367 g/mol. The van der Waals surface area contributed by atoms with Crippen LogP contribution < -0.4 is 21.1 Å². The van der Waals surface area contributed by atoms with Crippen LogP contribution in [0.1, 0.15) is 19.5 Å². The number of hydrogen-bond acceptors (Lipinski definition) is 9. The molecule has 4 N–H and O–H groups in total. The number of rotatable bonds is 4. The highest BCUT2D eigenvalue weighted by Crippen LogP contribution is 2.22. The molecule has 10 nitrogen and oxygen atoms in total. The van der Waals surface area contributed by atoms with Gasteiger partial charge in [-0.2, -0.15) is 9.97 Å². The van der Waals surface area contributed by atoms with Crippen LogP contribution >= 0.6 is 0 Å². The van der Waals surface area contributed by atoms with E-state index in [1.54, 1.807) is 24.3 Å². The van der Waals surface area contributed by atoms with Gasteiger partial charge in [0.05, 0.1) is 18.4 Å². The molecule has 27 heavy (non-hydrogen) atoms. The van der Waals surface area contributed by atoms with Gasteiger partial charge < -0.3 is 21.1 Å². The van der Waals surface area contributed by atoms with E-state index in [0.717, 1.165) is 0 Å². The highest BCUT2D eigenvalue weighted by atomic mass is 16.5. The summed E-state index contributed by atoms with van der Waals surface area (Å²) in [5.74, 6) is -0.0910. The zero-order valence-electron chi connectivity index (χ0n) is 14.7. The maximum atomic E-state index is 12.1. The van der Waals surface area contributed by atoms with Gasteiger partial charge in [-0.25, -0.2) is 9.97 Å². The van der Waals surface area contributed by atoms with E-state index < -0.39 is 5.97 Å². The number of hydrogen-bond donors (Lipinski definition) is 2. The normalized spacial score (nSPS) is 10.6. The van der Waals surface area contributed by atoms with Gasteiger partial charge in [-0.05, 0) is 24.3 Å². The molecule has 0 fully saturated rings. The zero-order chi connectivity index (χ0) is 19.6. The predicted molar refractivity (Wildman–Crippen MR) is 98.6 cm³/mol. The van der Waals surface area contributed by atoms with Gasteiger partial charge in [-0.15, -0.1) is 0 Å². The van der Waals surface area contributed by atoms with E-state index in [-0.39, 0.29) is 29.9 Å². The van der Waals surface area contributed by atoms with Gasteiger partial charge in [0, 0.05) is 19.5 Å². The Hall–Kier alpha value is -3.82. The van der Waals surface area contributed by atoms with Crippen molar-refractivity contribution in [1.29, 1.82) is 0 Å². The Labute approximate surface area is 154 Å². The molecule has 3 rings (SSSR count). The van der Waals surface area contributed by atoms with Crippen LogP contribution in [-0.4, -0.2) is 31.8 Å². The summed E-state index contributed by atoms with van der Waals surface area (Å²) in [7, 11) is 0. The molecule has 10 heteroatoms. The van der Waals surface area contributed by atoms with Crippen molar-refractivity contribution in [1.82, 2.24) is 19.9 Å². The lowest BCUT2D eigenvalue weighted by Crippen LogP contribution is -2.28. The summed E-state index contributed by atoms with van der Waals surface area (Å²) in [5.41, 5.74) is 13.1. The summed E-state index contributed by atoms with van der Waals surface area (Å²) in [5, 5.41) is 0. The Morgan fingerprint density at radius 1 is 1.07 bits per heavy atom. The molecule has 0 saturated heterocycles. The SMILES string of the molecule is CC(=O)Oc1ccc(N(Cc2cnc3nc(N)nc(N)c3n2)C(C)=O)cc1. The van der Waals surface area contributed by atoms with Gasteiger partial charge in [0.2, 0.25) is 11.9 Å². The van der Waals surface area contributed by atoms with Gasteiger partial charge in [0.15, 0.2) is 17.0 Å². The average molecular weight is 367 g/mol. The minimum Gasteiger partial charge on any atom is -0.427 e. The van der Waals surface area contributed by atoms with Crippen LogP contribution in [0.5, 0.6) is 5.75 Å². The number of carbonyl (C=O) groups excluding carboxylic acids is 2. The van der Waals surface area contributed by atoms with Gasteiger partial charge in [0.1, 0.15) is 5.75 Å². The fourth-order valence-corrected chi connectivity index (χ4v) is 2.47. The topological polar surface area (TPSA) is 150 Å². The quantitative estimate of drug-likeness (QED) is 0.509. The Morgan fingerprint density at radius 2 is 1.78 bits per heavy atom. The lowest BCUT2D eigenvalue weighted by atomic mass is 10.2. The largest absolute Gasteiger partial charge is 0.427 e. The molecule has 0 radical (unpaired) electrons. The van der Waals surface area contributed by atoms with Crippen molar-refractivity contribution in [3.8, 4) is 5.75 Å². The third-order valence-electron chi connectivity index (χ3n) is 3.61. The maximum absolute atomic E-state index is 12.1. The molecule has 2 aromatic heterocycles. The number of benzene rings is 1. The number of anilines is 3. The van der Waals surface area contributed by atoms with E-state index >= 15 is 0 Å². The maximum Gasteiger partial charge on any atom is 0.308 e. The molecule has 3 aromatic rings. The smallest absolute Gasteiger partial charge is 0.308 e. The van der Waals surface area contributed by atoms with Crippen LogP contribution in [0, 0.1) is 0 Å². The summed E-state index contributed by atoms with van der Waals surface area (Å²) in [6.07, 6.45) is 1.50. The molecule has 1 aromatic carbocycles. The second-order valence-electron chi connectivity index (χ2n) is 5.69. The number of esters is 1. The Balaban J connectivity index is 1.89. The average Bonchev–Trinajstić information content (AvgIpc) is 2.60. The highest BCUT2D eigenvalue weighted by Gasteiger charge is 2.15. The van der Waals surface area contributed by atoms with Crippen LogP contribution in [0.3, 0.4) is 0 Å². The molecular formula is C17H17N7O3. The lowest BCUT2D eigenvalue weighted by molar-refractivity contribution is -0.131. The Bertz CT molecular complexity index is 1020. The molecule has 0 aliphatic heterocycles. The first-order valence-corrected chi connectivity index (χ1v) is 7.94. The van der Waals surface area contributed by atoms with E-state index in [2.05, 4.69) is 19.9 Å². The van der Waals surface area contributed by atoms with Crippen LogP contribution in [-0.2, 0) is 16.1 Å². The molecule has 0 bridgehead atoms. The first kappa shape index (κ1) is 18.0. The van der Waals surface area contributed by atoms with Crippen molar-refractivity contribution in [2.24, 2.45) is 0 Å². The van der Waals surface area contributed by atoms with Crippen molar-refractivity contribution in [3.05, 3.63) is 36.2 Å². The van der Waals surface area contributed by atoms with Crippen LogP contribution in [0.4, 0.5) is 17.5 Å². The molecule has 138 valence electrons. The standard InChI is InChI=1S/C17H17N7O3/c1-9(25)24(12-3-5-13(6-4-12)27-10(2)26)8-11-7-20-16-14(21-11)15(18)22-17(19)23-16/h3-7H,8H2,1-2H3,(H4,18,19,20,22,23). The van der Waals surface area contributed by atoms with Crippen molar-refractivity contribution in [2.75, 3.05) is 16.4 Å². The zero-order valence-corrected chi connectivity index (χ0v) is 14.7. The van der Waals surface area contributed by atoms with Crippen LogP contribution in [0.15, 0.2) is 30.5 Å². The van der Waals surface area contributed by atoms with Crippen molar-refractivity contribution in [3.63, 3.8) is 0 Å². The molecule has 0 unspecified atom stereocenters. The Kier molecular flexibility index (Phi) is 4.79. The molecule has 1 amide bonds. The van der Waals surface area contributed by atoms with E-state index in [1.807, 2.05) is 0 Å². The molecule has 0 atom stereocenters. The number of ether oxygens (including phenoxy) is 1. The third kappa shape index (κ3) is 4.06. The van der Waals surface area contributed by atoms with Crippen molar-refractivity contribution < 1.29 is 14.3 Å². The number of nitrogens with zero attached hydrogens (tertiary/aromatic N) is 5. The molecule has 0 aliphatic rings. The molecule has 2 heterocycles. The van der Waals surface area contributed by atoms with Gasteiger partial charge in [-0.3, -0.25) is 9.59 Å². The summed E-state index contributed by atoms with van der Waals surface area (Å²) in [6, 6.07) is 6.55. The molecule has 0 aliphatic carbocycles. The number of nitrogen functional groups attached to an aromatic ring is 2. The predicted octanol–water partition coefficient (Wildman–Crippen LogP) is 1.06. The van der Waals surface area contributed by atoms with E-state index in [4.69, 9.17) is 16.2 Å². The van der Waals surface area contributed by atoms with E-state index in [9.17, 15) is 9.59 Å². The summed E-state index contributed by atoms with van der Waals surface area (Å²) in [6.45, 7) is 2.92. The van der Waals surface area contributed by atoms with Gasteiger partial charge in [0.25, 0.3) is 0 Å². The fraction of sp³-hybridized carbons (Fsp3) is 0.176. The lowest BCUT2D eigenvalue weighted by Gasteiger charge is -2.21. The van der Waals surface area contributed by atoms with Gasteiger partial charge >= 0.3 is 5.97 Å². The summed E-state index contributed by atoms with van der Waals surface area (Å²) < 4.78 is 5.00. The minimum absolute atomic E-state index is 0.0142. The molecule has 0 saturated carbocycles. The number of fused-ring (bicyclic) bond motifs is 1. The fourth-order valence-electron chi connectivity index (χ4n) is 2.47.